The fourth-order valence-electron chi connectivity index (χ4n) is 5.49. The molecule has 0 spiro atoms. The second-order valence-electron chi connectivity index (χ2n) is 10.9. The maximum Gasteiger partial charge on any atom is 0.130 e. The first kappa shape index (κ1) is 28.3. The number of rotatable bonds is 12. The number of ether oxygens (including phenoxy) is 2. The highest BCUT2D eigenvalue weighted by Crippen LogP contribution is 2.38. The maximum atomic E-state index is 6.09. The highest BCUT2D eigenvalue weighted by atomic mass is 16.6. The molecule has 2 heterocycles. The summed E-state index contributed by atoms with van der Waals surface area (Å²) < 4.78 is 12.2. The van der Waals surface area contributed by atoms with Gasteiger partial charge in [-0.1, -0.05) is 79.7 Å². The second-order valence-corrected chi connectivity index (χ2v) is 10.9. The van der Waals surface area contributed by atoms with E-state index in [4.69, 9.17) is 30.2 Å². The first-order valence-corrected chi connectivity index (χ1v) is 14.6. The number of nitrogens with two attached hydrogens (primary N) is 1. The number of hydrogen-bond donors (Lipinski definition) is 1. The summed E-state index contributed by atoms with van der Waals surface area (Å²) in [5.41, 5.74) is 5.86. The quantitative estimate of drug-likeness (QED) is 0.119. The van der Waals surface area contributed by atoms with Gasteiger partial charge >= 0.3 is 0 Å². The van der Waals surface area contributed by atoms with Crippen molar-refractivity contribution in [3.63, 3.8) is 0 Å². The fourth-order valence-corrected chi connectivity index (χ4v) is 5.49. The Labute approximate surface area is 252 Å². The molecule has 6 heteroatoms. The van der Waals surface area contributed by atoms with E-state index in [0.29, 0.717) is 19.8 Å². The lowest BCUT2D eigenvalue weighted by atomic mass is 9.73. The van der Waals surface area contributed by atoms with Gasteiger partial charge in [-0.05, 0) is 72.5 Å². The third kappa shape index (κ3) is 6.67. The van der Waals surface area contributed by atoms with Gasteiger partial charge in [0.1, 0.15) is 24.7 Å². The first-order valence-electron chi connectivity index (χ1n) is 14.6. The molecule has 0 atom stereocenters. The predicted molar refractivity (Wildman–Crippen MR) is 171 cm³/mol. The average molecular weight is 570 g/mol. The summed E-state index contributed by atoms with van der Waals surface area (Å²) in [4.78, 5) is 14.3. The number of pyridine rings is 2. The second kappa shape index (κ2) is 13.0. The van der Waals surface area contributed by atoms with E-state index in [0.717, 1.165) is 57.5 Å². The minimum absolute atomic E-state index is 0.255. The molecule has 6 aromatic rings. The molecule has 0 radical (unpaired) electrons. The zero-order chi connectivity index (χ0) is 29.5. The van der Waals surface area contributed by atoms with E-state index >= 15 is 0 Å². The molecular weight excluding hydrogens is 534 g/mol. The molecule has 0 fully saturated rings. The smallest absolute Gasteiger partial charge is 0.130 e. The molecule has 0 bridgehead atoms. The molecular formula is C37H35N3O3. The Hall–Kier alpha value is -4.78. The van der Waals surface area contributed by atoms with Crippen LogP contribution in [0.1, 0.15) is 42.3 Å². The summed E-state index contributed by atoms with van der Waals surface area (Å²) in [5, 5.41) is 2.24. The van der Waals surface area contributed by atoms with E-state index < -0.39 is 0 Å². The molecule has 4 aromatic carbocycles. The van der Waals surface area contributed by atoms with Gasteiger partial charge in [0.15, 0.2) is 0 Å². The van der Waals surface area contributed by atoms with Gasteiger partial charge in [0.25, 0.3) is 0 Å². The van der Waals surface area contributed by atoms with Crippen LogP contribution in [0.25, 0.3) is 21.8 Å². The summed E-state index contributed by atoms with van der Waals surface area (Å²) >= 11 is 0. The lowest BCUT2D eigenvalue weighted by molar-refractivity contribution is 0.130. The van der Waals surface area contributed by atoms with Crippen molar-refractivity contribution in [3.8, 4) is 11.5 Å². The third-order valence-electron chi connectivity index (χ3n) is 8.01. The molecule has 0 saturated heterocycles. The molecule has 43 heavy (non-hydrogen) atoms. The van der Waals surface area contributed by atoms with Crippen LogP contribution in [0.15, 0.2) is 121 Å². The van der Waals surface area contributed by atoms with Crippen molar-refractivity contribution in [3.05, 3.63) is 144 Å². The van der Waals surface area contributed by atoms with Gasteiger partial charge in [0.05, 0.1) is 29.0 Å². The Balaban J connectivity index is 1.14. The number of fused-ring (bicyclic) bond motifs is 2. The van der Waals surface area contributed by atoms with E-state index in [1.165, 1.54) is 11.1 Å². The van der Waals surface area contributed by atoms with E-state index in [1.807, 2.05) is 72.8 Å². The standard InChI is InChI=1S/C37H35N3O3/c1-37(23-6-24-43-38,29-13-19-33(20-14-29)41-25-31-17-11-27-7-2-4-9-35(27)39-31)30-15-21-34(22-16-30)42-26-32-18-12-28-8-3-5-10-36(28)40-32/h2-5,7-22H,6,23-26,38H2,1H3. The van der Waals surface area contributed by atoms with Crippen LogP contribution >= 0.6 is 0 Å². The molecule has 0 aliphatic rings. The van der Waals surface area contributed by atoms with Gasteiger partial charge in [-0.25, -0.2) is 15.9 Å². The van der Waals surface area contributed by atoms with E-state index in [9.17, 15) is 0 Å². The van der Waals surface area contributed by atoms with E-state index in [2.05, 4.69) is 55.5 Å². The Bertz CT molecular complexity index is 1680. The summed E-state index contributed by atoms with van der Waals surface area (Å²) in [6.07, 6.45) is 1.69. The maximum absolute atomic E-state index is 6.09. The monoisotopic (exact) mass is 569 g/mol. The normalized spacial score (nSPS) is 11.6. The largest absolute Gasteiger partial charge is 0.487 e. The highest BCUT2D eigenvalue weighted by molar-refractivity contribution is 5.79. The van der Waals surface area contributed by atoms with Gasteiger partial charge in [0, 0.05) is 16.2 Å². The van der Waals surface area contributed by atoms with Crippen LogP contribution in [-0.4, -0.2) is 16.6 Å². The first-order chi connectivity index (χ1) is 21.1. The molecule has 0 saturated carbocycles. The molecule has 0 unspecified atom stereocenters. The zero-order valence-corrected chi connectivity index (χ0v) is 24.3. The Kier molecular flexibility index (Phi) is 8.59. The van der Waals surface area contributed by atoms with Crippen LogP contribution < -0.4 is 15.4 Å². The van der Waals surface area contributed by atoms with Crippen molar-refractivity contribution in [1.29, 1.82) is 0 Å². The van der Waals surface area contributed by atoms with Crippen LogP contribution in [0.3, 0.4) is 0 Å². The van der Waals surface area contributed by atoms with Crippen molar-refractivity contribution >= 4 is 21.8 Å². The topological polar surface area (TPSA) is 79.5 Å². The SMILES string of the molecule is CC(CCCON)(c1ccc(OCc2ccc3ccccc3n2)cc1)c1ccc(OCc2ccc3ccccc3n2)cc1. The number of para-hydroxylation sites is 2. The molecule has 216 valence electrons. The predicted octanol–water partition coefficient (Wildman–Crippen LogP) is 7.92. The van der Waals surface area contributed by atoms with Gasteiger partial charge < -0.3 is 14.3 Å². The fraction of sp³-hybridized carbons (Fsp3) is 0.189. The Morgan fingerprint density at radius 2 is 1.05 bits per heavy atom. The van der Waals surface area contributed by atoms with Crippen LogP contribution in [-0.2, 0) is 23.5 Å². The Morgan fingerprint density at radius 1 is 0.581 bits per heavy atom. The lowest BCUT2D eigenvalue weighted by Crippen LogP contribution is -2.24. The summed E-state index contributed by atoms with van der Waals surface area (Å²) in [7, 11) is 0. The van der Waals surface area contributed by atoms with Crippen molar-refractivity contribution < 1.29 is 14.3 Å². The third-order valence-corrected chi connectivity index (χ3v) is 8.01. The zero-order valence-electron chi connectivity index (χ0n) is 24.3. The lowest BCUT2D eigenvalue weighted by Gasteiger charge is -2.31. The van der Waals surface area contributed by atoms with E-state index in [-0.39, 0.29) is 5.41 Å². The molecule has 6 nitrogen and oxygen atoms in total. The van der Waals surface area contributed by atoms with Crippen LogP contribution in [0.4, 0.5) is 0 Å². The number of benzene rings is 4. The molecule has 0 amide bonds. The molecule has 2 aromatic heterocycles. The van der Waals surface area contributed by atoms with Crippen molar-refractivity contribution in [1.82, 2.24) is 9.97 Å². The number of nitrogens with zero attached hydrogens (tertiary/aromatic N) is 2. The van der Waals surface area contributed by atoms with Gasteiger partial charge in [0.2, 0.25) is 0 Å². The van der Waals surface area contributed by atoms with Crippen LogP contribution in [0, 0.1) is 0 Å². The van der Waals surface area contributed by atoms with Crippen molar-refractivity contribution in [2.24, 2.45) is 5.90 Å². The van der Waals surface area contributed by atoms with Gasteiger partial charge in [-0.2, -0.15) is 0 Å². The minimum atomic E-state index is -0.255. The Morgan fingerprint density at radius 3 is 1.51 bits per heavy atom. The highest BCUT2D eigenvalue weighted by Gasteiger charge is 2.28. The van der Waals surface area contributed by atoms with Gasteiger partial charge in [-0.3, -0.25) is 0 Å². The van der Waals surface area contributed by atoms with Crippen molar-refractivity contribution in [2.75, 3.05) is 6.61 Å². The van der Waals surface area contributed by atoms with Crippen LogP contribution in [0.2, 0.25) is 0 Å². The van der Waals surface area contributed by atoms with Gasteiger partial charge in [-0.15, -0.1) is 0 Å². The molecule has 0 aliphatic heterocycles. The number of aromatic nitrogens is 2. The van der Waals surface area contributed by atoms with E-state index in [1.54, 1.807) is 0 Å². The summed E-state index contributed by atoms with van der Waals surface area (Å²) in [6, 6.07) is 41.1. The number of hydrogen-bond acceptors (Lipinski definition) is 6. The summed E-state index contributed by atoms with van der Waals surface area (Å²) in [5.74, 6) is 6.96. The summed E-state index contributed by atoms with van der Waals surface area (Å²) in [6.45, 7) is 3.57. The van der Waals surface area contributed by atoms with Crippen molar-refractivity contribution in [2.45, 2.75) is 38.4 Å². The minimum Gasteiger partial charge on any atom is -0.487 e. The molecule has 6 rings (SSSR count). The average Bonchev–Trinajstić information content (AvgIpc) is 3.06. The molecule has 2 N–H and O–H groups in total. The van der Waals surface area contributed by atoms with Crippen LogP contribution in [0.5, 0.6) is 11.5 Å². The molecule has 0 aliphatic carbocycles.